The van der Waals surface area contributed by atoms with Crippen LogP contribution < -0.4 is 10.1 Å². The highest BCUT2D eigenvalue weighted by Crippen LogP contribution is 2.21. The number of hydrogen-bond donors (Lipinski definition) is 1. The first-order valence-electron chi connectivity index (χ1n) is 9.61. The van der Waals surface area contributed by atoms with E-state index >= 15 is 0 Å². The van der Waals surface area contributed by atoms with Gasteiger partial charge in [0.15, 0.2) is 10.9 Å². The van der Waals surface area contributed by atoms with E-state index in [2.05, 4.69) is 15.5 Å². The van der Waals surface area contributed by atoms with E-state index in [0.29, 0.717) is 39.4 Å². The van der Waals surface area contributed by atoms with E-state index in [0.717, 1.165) is 5.56 Å². The van der Waals surface area contributed by atoms with Crippen molar-refractivity contribution in [2.45, 2.75) is 24.9 Å². The first kappa shape index (κ1) is 22.8. The molecule has 162 valence electrons. The highest BCUT2D eigenvalue weighted by atomic mass is 35.5. The SMILES string of the molecule is COc1cccc(C(=O)CSc2nnc(CCC(=O)Nc3ccc(C)c(Cl)c3)n2C)c1. The van der Waals surface area contributed by atoms with Crippen molar-refractivity contribution in [3.8, 4) is 5.75 Å². The predicted octanol–water partition coefficient (Wildman–Crippen LogP) is 4.33. The van der Waals surface area contributed by atoms with Gasteiger partial charge in [-0.2, -0.15) is 0 Å². The third kappa shape index (κ3) is 6.08. The minimum absolute atomic E-state index is 0.0235. The van der Waals surface area contributed by atoms with E-state index in [1.165, 1.54) is 11.8 Å². The van der Waals surface area contributed by atoms with Gasteiger partial charge in [0.2, 0.25) is 5.91 Å². The number of anilines is 1. The molecule has 3 aromatic rings. The maximum atomic E-state index is 12.4. The molecule has 0 unspecified atom stereocenters. The van der Waals surface area contributed by atoms with Gasteiger partial charge in [-0.05, 0) is 36.8 Å². The van der Waals surface area contributed by atoms with E-state index in [1.54, 1.807) is 42.0 Å². The zero-order valence-corrected chi connectivity index (χ0v) is 19.1. The number of carbonyl (C=O) groups excluding carboxylic acids is 2. The number of ketones is 1. The summed E-state index contributed by atoms with van der Waals surface area (Å²) in [6.07, 6.45) is 0.685. The van der Waals surface area contributed by atoms with E-state index < -0.39 is 0 Å². The monoisotopic (exact) mass is 458 g/mol. The average molecular weight is 459 g/mol. The van der Waals surface area contributed by atoms with Crippen molar-refractivity contribution in [3.05, 3.63) is 64.4 Å². The summed E-state index contributed by atoms with van der Waals surface area (Å²) < 4.78 is 6.97. The molecular weight excluding hydrogens is 436 g/mol. The van der Waals surface area contributed by atoms with E-state index in [1.807, 2.05) is 26.1 Å². The van der Waals surface area contributed by atoms with Gasteiger partial charge < -0.3 is 14.6 Å². The number of carbonyl (C=O) groups is 2. The molecule has 7 nitrogen and oxygen atoms in total. The second-order valence-corrected chi connectivity index (χ2v) is 8.26. The van der Waals surface area contributed by atoms with Crippen molar-refractivity contribution in [1.29, 1.82) is 0 Å². The number of Topliss-reactive ketones (excluding diaryl/α,β-unsaturated/α-hetero) is 1. The predicted molar refractivity (Wildman–Crippen MR) is 122 cm³/mol. The Kier molecular flexibility index (Phi) is 7.70. The van der Waals surface area contributed by atoms with Crippen molar-refractivity contribution >= 4 is 40.7 Å². The summed E-state index contributed by atoms with van der Waals surface area (Å²) in [6, 6.07) is 12.4. The van der Waals surface area contributed by atoms with Gasteiger partial charge >= 0.3 is 0 Å². The number of halogens is 1. The fourth-order valence-electron chi connectivity index (χ4n) is 2.82. The maximum absolute atomic E-state index is 12.4. The number of hydrogen-bond acceptors (Lipinski definition) is 6. The minimum Gasteiger partial charge on any atom is -0.497 e. The molecule has 0 radical (unpaired) electrons. The zero-order valence-electron chi connectivity index (χ0n) is 17.5. The number of nitrogens with one attached hydrogen (secondary N) is 1. The molecule has 2 aromatic carbocycles. The summed E-state index contributed by atoms with van der Waals surface area (Å²) in [7, 11) is 3.39. The summed E-state index contributed by atoms with van der Waals surface area (Å²) in [5, 5.41) is 12.4. The van der Waals surface area contributed by atoms with Gasteiger partial charge in [0.05, 0.1) is 12.9 Å². The minimum atomic E-state index is -0.134. The molecule has 0 bridgehead atoms. The second-order valence-electron chi connectivity index (χ2n) is 6.91. The lowest BCUT2D eigenvalue weighted by molar-refractivity contribution is -0.116. The van der Waals surface area contributed by atoms with Gasteiger partial charge in [-0.1, -0.05) is 41.6 Å². The molecule has 3 rings (SSSR count). The van der Waals surface area contributed by atoms with Gasteiger partial charge in [-0.25, -0.2) is 0 Å². The lowest BCUT2D eigenvalue weighted by Gasteiger charge is -2.07. The van der Waals surface area contributed by atoms with Crippen molar-refractivity contribution in [3.63, 3.8) is 0 Å². The molecule has 1 amide bonds. The molecule has 31 heavy (non-hydrogen) atoms. The van der Waals surface area contributed by atoms with Gasteiger partial charge in [0, 0.05) is 36.2 Å². The molecule has 1 N–H and O–H groups in total. The highest BCUT2D eigenvalue weighted by Gasteiger charge is 2.14. The largest absolute Gasteiger partial charge is 0.497 e. The number of thioether (sulfide) groups is 1. The van der Waals surface area contributed by atoms with Crippen molar-refractivity contribution in [1.82, 2.24) is 14.8 Å². The van der Waals surface area contributed by atoms with Crippen LogP contribution in [-0.4, -0.2) is 39.3 Å². The molecule has 0 spiro atoms. The summed E-state index contributed by atoms with van der Waals surface area (Å²) in [5.41, 5.74) is 2.20. The van der Waals surface area contributed by atoms with Crippen LogP contribution in [0.3, 0.4) is 0 Å². The smallest absolute Gasteiger partial charge is 0.224 e. The number of benzene rings is 2. The van der Waals surface area contributed by atoms with Crippen LogP contribution in [0.4, 0.5) is 5.69 Å². The van der Waals surface area contributed by atoms with Crippen molar-refractivity contribution in [2.24, 2.45) is 7.05 Å². The fraction of sp³-hybridized carbons (Fsp3) is 0.273. The van der Waals surface area contributed by atoms with Crippen LogP contribution in [0.1, 0.15) is 28.2 Å². The van der Waals surface area contributed by atoms with Gasteiger partial charge in [0.1, 0.15) is 11.6 Å². The maximum Gasteiger partial charge on any atom is 0.224 e. The van der Waals surface area contributed by atoms with E-state index in [4.69, 9.17) is 16.3 Å². The van der Waals surface area contributed by atoms with Crippen LogP contribution >= 0.6 is 23.4 Å². The second kappa shape index (κ2) is 10.5. The lowest BCUT2D eigenvalue weighted by atomic mass is 10.1. The Morgan fingerprint density at radius 3 is 2.74 bits per heavy atom. The molecule has 0 atom stereocenters. The number of rotatable bonds is 9. The van der Waals surface area contributed by atoms with Crippen LogP contribution in [0.15, 0.2) is 47.6 Å². The fourth-order valence-corrected chi connectivity index (χ4v) is 3.82. The van der Waals surface area contributed by atoms with Crippen LogP contribution in [0, 0.1) is 6.92 Å². The Balaban J connectivity index is 1.52. The van der Waals surface area contributed by atoms with E-state index in [9.17, 15) is 9.59 Å². The topological polar surface area (TPSA) is 86.1 Å². The van der Waals surface area contributed by atoms with Crippen molar-refractivity contribution < 1.29 is 14.3 Å². The Morgan fingerprint density at radius 1 is 1.19 bits per heavy atom. The summed E-state index contributed by atoms with van der Waals surface area (Å²) in [5.74, 6) is 1.39. The Labute approximate surface area is 190 Å². The number of aromatic nitrogens is 3. The number of methoxy groups -OCH3 is 1. The van der Waals surface area contributed by atoms with Gasteiger partial charge in [-0.15, -0.1) is 10.2 Å². The Bertz CT molecular complexity index is 1100. The standard InChI is InChI=1S/C22H23ClN4O3S/c1-14-7-8-16(12-18(14)23)24-21(29)10-9-20-25-26-22(27(20)2)31-13-19(28)15-5-4-6-17(11-15)30-3/h4-8,11-12H,9-10,13H2,1-3H3,(H,24,29). The number of amides is 1. The molecule has 9 heteroatoms. The molecule has 0 aliphatic heterocycles. The van der Waals surface area contributed by atoms with Crippen LogP contribution in [0.5, 0.6) is 5.75 Å². The van der Waals surface area contributed by atoms with E-state index in [-0.39, 0.29) is 23.9 Å². The van der Waals surface area contributed by atoms with Crippen LogP contribution in [0.25, 0.3) is 0 Å². The first-order valence-corrected chi connectivity index (χ1v) is 11.0. The van der Waals surface area contributed by atoms with Gasteiger partial charge in [0.25, 0.3) is 0 Å². The highest BCUT2D eigenvalue weighted by molar-refractivity contribution is 7.99. The average Bonchev–Trinajstić information content (AvgIpc) is 3.12. The Morgan fingerprint density at radius 2 is 2.00 bits per heavy atom. The van der Waals surface area contributed by atoms with Crippen molar-refractivity contribution in [2.75, 3.05) is 18.2 Å². The molecule has 1 aromatic heterocycles. The summed E-state index contributed by atoms with van der Waals surface area (Å²) in [4.78, 5) is 24.7. The van der Waals surface area contributed by atoms with Crippen LogP contribution in [0.2, 0.25) is 5.02 Å². The Hall–Kier alpha value is -2.84. The molecule has 0 saturated carbocycles. The quantitative estimate of drug-likeness (QED) is 0.379. The molecule has 0 aliphatic rings. The zero-order chi connectivity index (χ0) is 22.4. The number of ether oxygens (including phenoxy) is 1. The normalized spacial score (nSPS) is 10.7. The number of aryl methyl sites for hydroxylation is 2. The summed E-state index contributed by atoms with van der Waals surface area (Å²) in [6.45, 7) is 1.90. The lowest BCUT2D eigenvalue weighted by Crippen LogP contribution is -2.13. The molecule has 0 fully saturated rings. The molecule has 0 saturated heterocycles. The molecule has 0 aliphatic carbocycles. The first-order chi connectivity index (χ1) is 14.9. The molecule has 1 heterocycles. The van der Waals surface area contributed by atoms with Crippen LogP contribution in [-0.2, 0) is 18.3 Å². The number of nitrogens with zero attached hydrogens (tertiary/aromatic N) is 3. The molecular formula is C22H23ClN4O3S. The summed E-state index contributed by atoms with van der Waals surface area (Å²) >= 11 is 7.40. The third-order valence-corrected chi connectivity index (χ3v) is 6.11. The third-order valence-electron chi connectivity index (χ3n) is 4.68. The van der Waals surface area contributed by atoms with Gasteiger partial charge in [-0.3, -0.25) is 9.59 Å².